The van der Waals surface area contributed by atoms with Crippen molar-refractivity contribution >= 4 is 79.3 Å². The second-order valence-electron chi connectivity index (χ2n) is 0.434. The zero-order chi connectivity index (χ0) is 5.15. The van der Waals surface area contributed by atoms with Crippen LogP contribution in [0.4, 0.5) is 0 Å². The first kappa shape index (κ1) is 16.7. The third kappa shape index (κ3) is 11.1. The van der Waals surface area contributed by atoms with Gasteiger partial charge in [0.2, 0.25) is 0 Å². The molecule has 2 radical (unpaired) electrons. The summed E-state index contributed by atoms with van der Waals surface area (Å²) in [4.78, 5) is 0. The van der Waals surface area contributed by atoms with Gasteiger partial charge in [0.05, 0.1) is 0 Å². The Balaban J connectivity index is -0.000000125. The van der Waals surface area contributed by atoms with Gasteiger partial charge in [-0.2, -0.15) is 0 Å². The summed E-state index contributed by atoms with van der Waals surface area (Å²) in [5, 5.41) is 0. The van der Waals surface area contributed by atoms with Gasteiger partial charge in [-0.25, -0.2) is 8.42 Å². The van der Waals surface area contributed by atoms with Gasteiger partial charge in [0.25, 0.3) is 20.2 Å². The van der Waals surface area contributed by atoms with E-state index in [9.17, 15) is 8.42 Å². The molecule has 40 valence electrons. The van der Waals surface area contributed by atoms with Crippen LogP contribution in [0.25, 0.3) is 0 Å². The topological polar surface area (TPSA) is 74.6 Å². The predicted molar refractivity (Wildman–Crippen MR) is 33.1 cm³/mol. The van der Waals surface area contributed by atoms with Crippen molar-refractivity contribution in [2.75, 3.05) is 0 Å². The second kappa shape index (κ2) is 9.22. The van der Waals surface area contributed by atoms with Gasteiger partial charge in [-0.1, -0.05) is 0 Å². The minimum atomic E-state index is -2.59. The summed E-state index contributed by atoms with van der Waals surface area (Å²) in [5.41, 5.74) is 0. The van der Waals surface area contributed by atoms with E-state index in [1.165, 1.54) is 0 Å². The molecule has 0 amide bonds. The van der Waals surface area contributed by atoms with Gasteiger partial charge < -0.3 is 0 Å². The molecule has 0 bridgehead atoms. The summed E-state index contributed by atoms with van der Waals surface area (Å²) in [5.74, 6) is 0. The molecule has 0 heterocycles. The van der Waals surface area contributed by atoms with Crippen LogP contribution in [0.2, 0.25) is 0 Å². The molecule has 8 heteroatoms. The van der Waals surface area contributed by atoms with Gasteiger partial charge in [0, 0.05) is 59.1 Å². The fraction of sp³-hybridized carbons (Fsp3) is 0. The Kier molecular flexibility index (Phi) is 19.2. The average Bonchev–Trinajstić information content (AvgIpc) is 1.36. The molecule has 2 N–H and O–H groups in total. The van der Waals surface area contributed by atoms with Crippen LogP contribution in [-0.4, -0.2) is 76.6 Å². The maximum Gasteiger partial charge on any atom is 0.274 e. The SMILES string of the molecule is O=S(O)S(=O)O.[Na].[Na]. The van der Waals surface area contributed by atoms with Crippen molar-refractivity contribution in [2.24, 2.45) is 0 Å². The van der Waals surface area contributed by atoms with E-state index < -0.39 is 20.2 Å². The summed E-state index contributed by atoms with van der Waals surface area (Å²) >= 11 is 0. The van der Waals surface area contributed by atoms with Gasteiger partial charge in [-0.05, 0) is 0 Å². The third-order valence-corrected chi connectivity index (χ3v) is 1.10. The molecule has 4 nitrogen and oxygen atoms in total. The standard InChI is InChI=1S/2Na.H2O4S2/c;;1-5(2)6(3)4/h;;(H,1,2)(H,3,4). The zero-order valence-corrected chi connectivity index (χ0v) is 10.2. The Morgan fingerprint density at radius 2 is 1.00 bits per heavy atom. The molecule has 0 aliphatic rings. The Morgan fingerprint density at radius 3 is 1.00 bits per heavy atom. The van der Waals surface area contributed by atoms with Gasteiger partial charge in [0.1, 0.15) is 0 Å². The normalized spacial score (nSPS) is 14.8. The van der Waals surface area contributed by atoms with E-state index in [-0.39, 0.29) is 59.1 Å². The van der Waals surface area contributed by atoms with Crippen LogP contribution in [0.1, 0.15) is 0 Å². The zero-order valence-electron chi connectivity index (χ0n) is 4.53. The molecular weight excluding hydrogens is 174 g/mol. The third-order valence-electron chi connectivity index (χ3n) is 0.122. The van der Waals surface area contributed by atoms with E-state index in [0.29, 0.717) is 0 Å². The van der Waals surface area contributed by atoms with Crippen molar-refractivity contribution in [3.05, 3.63) is 0 Å². The number of hydrogen-bond donors (Lipinski definition) is 2. The van der Waals surface area contributed by atoms with Crippen LogP contribution in [0, 0.1) is 0 Å². The van der Waals surface area contributed by atoms with Crippen molar-refractivity contribution in [2.45, 2.75) is 0 Å². The molecule has 0 aromatic rings. The Morgan fingerprint density at radius 1 is 0.875 bits per heavy atom. The average molecular weight is 176 g/mol. The molecule has 0 aliphatic heterocycles. The van der Waals surface area contributed by atoms with Gasteiger partial charge in [-0.3, -0.25) is 9.11 Å². The summed E-state index contributed by atoms with van der Waals surface area (Å²) in [6.07, 6.45) is 0. The van der Waals surface area contributed by atoms with Gasteiger partial charge in [0.15, 0.2) is 0 Å². The van der Waals surface area contributed by atoms with E-state index in [4.69, 9.17) is 9.11 Å². The van der Waals surface area contributed by atoms with Crippen molar-refractivity contribution in [1.29, 1.82) is 0 Å². The van der Waals surface area contributed by atoms with Crippen LogP contribution < -0.4 is 0 Å². The van der Waals surface area contributed by atoms with Crippen LogP contribution in [0.15, 0.2) is 0 Å². The van der Waals surface area contributed by atoms with E-state index in [1.54, 1.807) is 0 Å². The Bertz CT molecular complexity index is 78.0. The first-order valence-corrected chi connectivity index (χ1v) is 3.60. The molecule has 0 aliphatic carbocycles. The van der Waals surface area contributed by atoms with E-state index in [0.717, 1.165) is 0 Å². The van der Waals surface area contributed by atoms with Gasteiger partial charge in [-0.15, -0.1) is 0 Å². The first-order chi connectivity index (χ1) is 2.64. The molecule has 8 heavy (non-hydrogen) atoms. The molecule has 0 aromatic heterocycles. The van der Waals surface area contributed by atoms with Crippen LogP contribution in [-0.2, 0) is 20.2 Å². The largest absolute Gasteiger partial charge is 0.294 e. The van der Waals surface area contributed by atoms with Crippen molar-refractivity contribution < 1.29 is 17.5 Å². The Labute approximate surface area is 95.4 Å². The quantitative estimate of drug-likeness (QED) is 0.292. The van der Waals surface area contributed by atoms with Crippen LogP contribution in [0.5, 0.6) is 0 Å². The molecule has 2 unspecified atom stereocenters. The van der Waals surface area contributed by atoms with Crippen LogP contribution >= 0.6 is 0 Å². The van der Waals surface area contributed by atoms with E-state index >= 15 is 0 Å². The molecule has 2 atom stereocenters. The van der Waals surface area contributed by atoms with Gasteiger partial charge >= 0.3 is 0 Å². The molecule has 0 rings (SSSR count). The summed E-state index contributed by atoms with van der Waals surface area (Å²) < 4.78 is 33.6. The maximum atomic E-state index is 9.26. The number of hydrogen-bond acceptors (Lipinski definition) is 2. The first-order valence-electron chi connectivity index (χ1n) is 0.865. The summed E-state index contributed by atoms with van der Waals surface area (Å²) in [6.45, 7) is 0. The molecule has 0 spiro atoms. The van der Waals surface area contributed by atoms with Crippen molar-refractivity contribution in [1.82, 2.24) is 0 Å². The maximum absolute atomic E-state index is 9.26. The summed E-state index contributed by atoms with van der Waals surface area (Å²) in [7, 11) is -5.18. The second-order valence-corrected chi connectivity index (χ2v) is 3.01. The molecular formula is H2Na2O4S2. The minimum absolute atomic E-state index is 0. The molecule has 0 saturated carbocycles. The molecule has 0 fully saturated rings. The molecule has 0 aromatic carbocycles. The molecule has 0 saturated heterocycles. The fourth-order valence-electron chi connectivity index (χ4n) is 0. The minimum Gasteiger partial charge on any atom is -0.294 e. The van der Waals surface area contributed by atoms with E-state index in [1.807, 2.05) is 0 Å². The van der Waals surface area contributed by atoms with Crippen molar-refractivity contribution in [3.63, 3.8) is 0 Å². The summed E-state index contributed by atoms with van der Waals surface area (Å²) in [6, 6.07) is 0. The Hall–Kier alpha value is 2.22. The monoisotopic (exact) mass is 176 g/mol. The predicted octanol–water partition coefficient (Wildman–Crippen LogP) is -1.42. The van der Waals surface area contributed by atoms with Crippen molar-refractivity contribution in [3.8, 4) is 0 Å². The smallest absolute Gasteiger partial charge is 0.274 e. The van der Waals surface area contributed by atoms with Crippen LogP contribution in [0.3, 0.4) is 0 Å². The fourth-order valence-corrected chi connectivity index (χ4v) is 0. The van der Waals surface area contributed by atoms with E-state index in [2.05, 4.69) is 0 Å². The number of rotatable bonds is 1.